The molecule has 1 N–H and O–H groups in total. The predicted molar refractivity (Wildman–Crippen MR) is 106 cm³/mol. The number of aromatic amines is 1. The van der Waals surface area contributed by atoms with E-state index < -0.39 is 0 Å². The fraction of sp³-hybridized carbons (Fsp3) is 0.333. The Balaban J connectivity index is 1.34. The van der Waals surface area contributed by atoms with Gasteiger partial charge < -0.3 is 9.88 Å². The predicted octanol–water partition coefficient (Wildman–Crippen LogP) is 2.49. The van der Waals surface area contributed by atoms with Crippen molar-refractivity contribution in [2.75, 3.05) is 13.1 Å². The van der Waals surface area contributed by atoms with E-state index in [2.05, 4.69) is 46.5 Å². The van der Waals surface area contributed by atoms with E-state index in [1.807, 2.05) is 10.9 Å². The molecule has 0 aliphatic carbocycles. The molecular formula is C21H23N5O2. The maximum atomic E-state index is 12.5. The molecule has 1 fully saturated rings. The third-order valence-corrected chi connectivity index (χ3v) is 5.23. The Hall–Kier alpha value is -3.22. The smallest absolute Gasteiger partial charge is 0.270 e. The minimum Gasteiger partial charge on any atom is -0.337 e. The van der Waals surface area contributed by atoms with Gasteiger partial charge in [-0.25, -0.2) is 0 Å². The highest BCUT2D eigenvalue weighted by Crippen LogP contribution is 2.22. The van der Waals surface area contributed by atoms with Crippen LogP contribution in [0.25, 0.3) is 11.3 Å². The molecule has 1 amide bonds. The van der Waals surface area contributed by atoms with Gasteiger partial charge in [0.25, 0.3) is 5.91 Å². The van der Waals surface area contributed by atoms with Crippen molar-refractivity contribution in [1.29, 1.82) is 0 Å². The van der Waals surface area contributed by atoms with E-state index in [4.69, 9.17) is 0 Å². The molecule has 3 heterocycles. The number of pyridine rings is 1. The van der Waals surface area contributed by atoms with E-state index >= 15 is 0 Å². The summed E-state index contributed by atoms with van der Waals surface area (Å²) in [6.45, 7) is 4.22. The average molecular weight is 377 g/mol. The van der Waals surface area contributed by atoms with E-state index in [-0.39, 0.29) is 11.5 Å². The molecule has 0 bridgehead atoms. The van der Waals surface area contributed by atoms with Gasteiger partial charge in [-0.1, -0.05) is 41.1 Å². The van der Waals surface area contributed by atoms with Crippen molar-refractivity contribution < 1.29 is 4.79 Å². The molecule has 1 saturated heterocycles. The Labute approximate surface area is 163 Å². The number of piperidine rings is 1. The molecule has 2 aromatic heterocycles. The van der Waals surface area contributed by atoms with Crippen molar-refractivity contribution in [3.8, 4) is 11.3 Å². The zero-order valence-corrected chi connectivity index (χ0v) is 15.8. The number of H-pyrrole nitrogens is 1. The first-order chi connectivity index (χ1) is 13.6. The highest BCUT2D eigenvalue weighted by Gasteiger charge is 2.24. The van der Waals surface area contributed by atoms with Gasteiger partial charge in [-0.05, 0) is 31.7 Å². The van der Waals surface area contributed by atoms with Crippen LogP contribution in [0.1, 0.15) is 28.9 Å². The van der Waals surface area contributed by atoms with Crippen molar-refractivity contribution in [1.82, 2.24) is 24.9 Å². The molecule has 4 rings (SSSR count). The lowest BCUT2D eigenvalue weighted by atomic mass is 9.96. The monoisotopic (exact) mass is 377 g/mol. The SMILES string of the molecule is Cc1ccc(-c2cn(CC3CCN(C(=O)c4cccc(=O)[nH]4)CC3)nn2)cc1. The Bertz CT molecular complexity index is 1010. The zero-order valence-electron chi connectivity index (χ0n) is 15.8. The van der Waals surface area contributed by atoms with Crippen molar-refractivity contribution in [3.05, 3.63) is 70.3 Å². The molecule has 1 aliphatic rings. The average Bonchev–Trinajstić information content (AvgIpc) is 3.17. The van der Waals surface area contributed by atoms with Gasteiger partial charge in [-0.15, -0.1) is 5.10 Å². The van der Waals surface area contributed by atoms with Crippen LogP contribution in [-0.4, -0.2) is 43.9 Å². The second kappa shape index (κ2) is 7.80. The maximum Gasteiger partial charge on any atom is 0.270 e. The van der Waals surface area contributed by atoms with E-state index in [1.54, 1.807) is 17.0 Å². The van der Waals surface area contributed by atoms with Crippen LogP contribution in [0, 0.1) is 12.8 Å². The molecule has 7 heteroatoms. The second-order valence-electron chi connectivity index (χ2n) is 7.36. The van der Waals surface area contributed by atoms with Gasteiger partial charge in [0.15, 0.2) is 0 Å². The number of aromatic nitrogens is 4. The number of nitrogens with zero attached hydrogens (tertiary/aromatic N) is 4. The number of carbonyl (C=O) groups is 1. The molecule has 1 aromatic carbocycles. The normalized spacial score (nSPS) is 15.0. The zero-order chi connectivity index (χ0) is 19.5. The summed E-state index contributed by atoms with van der Waals surface area (Å²) in [4.78, 5) is 28.4. The van der Waals surface area contributed by atoms with Crippen LogP contribution in [0.4, 0.5) is 0 Å². The van der Waals surface area contributed by atoms with E-state index in [0.29, 0.717) is 24.7 Å². The molecular weight excluding hydrogens is 354 g/mol. The number of carbonyl (C=O) groups excluding carboxylic acids is 1. The summed E-state index contributed by atoms with van der Waals surface area (Å²) >= 11 is 0. The third kappa shape index (κ3) is 4.03. The van der Waals surface area contributed by atoms with Crippen molar-refractivity contribution in [2.24, 2.45) is 5.92 Å². The van der Waals surface area contributed by atoms with Crippen LogP contribution in [0.3, 0.4) is 0 Å². The van der Waals surface area contributed by atoms with Gasteiger partial charge >= 0.3 is 0 Å². The van der Waals surface area contributed by atoms with Gasteiger partial charge in [0, 0.05) is 31.3 Å². The topological polar surface area (TPSA) is 83.9 Å². The lowest BCUT2D eigenvalue weighted by molar-refractivity contribution is 0.0674. The molecule has 144 valence electrons. The molecule has 0 saturated carbocycles. The number of hydrogen-bond donors (Lipinski definition) is 1. The van der Waals surface area contributed by atoms with Gasteiger partial charge in [-0.3, -0.25) is 14.3 Å². The standard InChI is InChI=1S/C21H23N5O2/c1-15-5-7-17(8-6-15)19-14-26(24-23-19)13-16-9-11-25(12-10-16)21(28)18-3-2-4-20(27)22-18/h2-8,14,16H,9-13H2,1H3,(H,22,27). The molecule has 0 spiro atoms. The quantitative estimate of drug-likeness (QED) is 0.757. The van der Waals surface area contributed by atoms with Crippen LogP contribution in [0.15, 0.2) is 53.5 Å². The second-order valence-corrected chi connectivity index (χ2v) is 7.36. The van der Waals surface area contributed by atoms with Crippen molar-refractivity contribution in [2.45, 2.75) is 26.3 Å². The molecule has 3 aromatic rings. The first kappa shape index (κ1) is 18.2. The minimum absolute atomic E-state index is 0.112. The van der Waals surface area contributed by atoms with Crippen molar-refractivity contribution in [3.63, 3.8) is 0 Å². The van der Waals surface area contributed by atoms with Gasteiger partial charge in [0.1, 0.15) is 11.4 Å². The minimum atomic E-state index is -0.253. The highest BCUT2D eigenvalue weighted by atomic mass is 16.2. The van der Waals surface area contributed by atoms with E-state index in [1.165, 1.54) is 11.6 Å². The molecule has 1 aliphatic heterocycles. The largest absolute Gasteiger partial charge is 0.337 e. The fourth-order valence-electron chi connectivity index (χ4n) is 3.57. The fourth-order valence-corrected chi connectivity index (χ4v) is 3.57. The van der Waals surface area contributed by atoms with Gasteiger partial charge in [-0.2, -0.15) is 0 Å². The summed E-state index contributed by atoms with van der Waals surface area (Å²) in [5, 5.41) is 8.55. The number of nitrogens with one attached hydrogen (secondary N) is 1. The van der Waals surface area contributed by atoms with E-state index in [0.717, 1.165) is 30.6 Å². The van der Waals surface area contributed by atoms with Crippen molar-refractivity contribution >= 4 is 5.91 Å². The number of rotatable bonds is 4. The molecule has 0 radical (unpaired) electrons. The molecule has 0 atom stereocenters. The molecule has 7 nitrogen and oxygen atoms in total. The van der Waals surface area contributed by atoms with Crippen LogP contribution < -0.4 is 5.56 Å². The van der Waals surface area contributed by atoms with Crippen LogP contribution in [0.5, 0.6) is 0 Å². The number of amides is 1. The first-order valence-electron chi connectivity index (χ1n) is 9.54. The van der Waals surface area contributed by atoms with E-state index in [9.17, 15) is 9.59 Å². The van der Waals surface area contributed by atoms with Crippen LogP contribution >= 0.6 is 0 Å². The number of benzene rings is 1. The Morgan fingerprint density at radius 2 is 1.89 bits per heavy atom. The van der Waals surface area contributed by atoms with Crippen LogP contribution in [-0.2, 0) is 6.54 Å². The third-order valence-electron chi connectivity index (χ3n) is 5.23. The molecule has 28 heavy (non-hydrogen) atoms. The summed E-state index contributed by atoms with van der Waals surface area (Å²) in [7, 11) is 0. The van der Waals surface area contributed by atoms with Gasteiger partial charge in [0.05, 0.1) is 6.20 Å². The van der Waals surface area contributed by atoms with Crippen LogP contribution in [0.2, 0.25) is 0 Å². The maximum absolute atomic E-state index is 12.5. The summed E-state index contributed by atoms with van der Waals surface area (Å²) in [5.74, 6) is 0.338. The lowest BCUT2D eigenvalue weighted by Crippen LogP contribution is -2.40. The summed E-state index contributed by atoms with van der Waals surface area (Å²) in [6, 6.07) is 12.9. The van der Waals surface area contributed by atoms with Gasteiger partial charge in [0.2, 0.25) is 5.56 Å². The Kier molecular flexibility index (Phi) is 5.06. The number of likely N-dealkylation sites (tertiary alicyclic amines) is 1. The number of hydrogen-bond acceptors (Lipinski definition) is 4. The first-order valence-corrected chi connectivity index (χ1v) is 9.54. The number of aryl methyl sites for hydroxylation is 1. The summed E-state index contributed by atoms with van der Waals surface area (Å²) in [5.41, 5.74) is 3.26. The Morgan fingerprint density at radius 3 is 2.61 bits per heavy atom. The summed E-state index contributed by atoms with van der Waals surface area (Å²) < 4.78 is 1.89. The molecule has 0 unspecified atom stereocenters. The summed E-state index contributed by atoms with van der Waals surface area (Å²) in [6.07, 6.45) is 3.79. The highest BCUT2D eigenvalue weighted by molar-refractivity contribution is 5.92. The lowest BCUT2D eigenvalue weighted by Gasteiger charge is -2.31. The Morgan fingerprint density at radius 1 is 1.14 bits per heavy atom.